The van der Waals surface area contributed by atoms with Crippen molar-refractivity contribution in [3.63, 3.8) is 0 Å². The minimum Gasteiger partial charge on any atom is -0.310 e. The van der Waals surface area contributed by atoms with E-state index in [0.717, 1.165) is 10.6 Å². The van der Waals surface area contributed by atoms with E-state index < -0.39 is 10.0 Å². The molecule has 1 aromatic carbocycles. The standard InChI is InChI=1S/C14H17N3O2S2/c18-21(19,17-10-14-15-6-7-20-14)13-3-1-2-11(8-13)9-16-12-4-5-12/h1-3,6-8,12,16-17H,4-5,9-10H2. The van der Waals surface area contributed by atoms with Gasteiger partial charge in [-0.2, -0.15) is 0 Å². The molecule has 1 heterocycles. The van der Waals surface area contributed by atoms with Crippen LogP contribution in [0.2, 0.25) is 0 Å². The van der Waals surface area contributed by atoms with Crippen LogP contribution in [0.5, 0.6) is 0 Å². The van der Waals surface area contributed by atoms with Gasteiger partial charge in [-0.3, -0.25) is 0 Å². The van der Waals surface area contributed by atoms with Gasteiger partial charge in [0.05, 0.1) is 11.4 Å². The summed E-state index contributed by atoms with van der Waals surface area (Å²) in [5.41, 5.74) is 0.985. The zero-order valence-electron chi connectivity index (χ0n) is 11.5. The summed E-state index contributed by atoms with van der Waals surface area (Å²) in [5.74, 6) is 0. The van der Waals surface area contributed by atoms with E-state index in [1.54, 1.807) is 24.4 Å². The van der Waals surface area contributed by atoms with Gasteiger partial charge in [0.2, 0.25) is 10.0 Å². The highest BCUT2D eigenvalue weighted by molar-refractivity contribution is 7.89. The zero-order valence-corrected chi connectivity index (χ0v) is 13.1. The van der Waals surface area contributed by atoms with Gasteiger partial charge in [-0.25, -0.2) is 18.1 Å². The number of aromatic nitrogens is 1. The Kier molecular flexibility index (Phi) is 4.34. The number of nitrogens with one attached hydrogen (secondary N) is 2. The van der Waals surface area contributed by atoms with E-state index in [2.05, 4.69) is 15.0 Å². The Morgan fingerprint density at radius 3 is 2.86 bits per heavy atom. The topological polar surface area (TPSA) is 71.1 Å². The summed E-state index contributed by atoms with van der Waals surface area (Å²) in [7, 11) is -3.49. The molecule has 0 saturated heterocycles. The Morgan fingerprint density at radius 1 is 1.29 bits per heavy atom. The summed E-state index contributed by atoms with van der Waals surface area (Å²) in [6, 6.07) is 7.66. The number of hydrogen-bond acceptors (Lipinski definition) is 5. The van der Waals surface area contributed by atoms with Gasteiger partial charge in [-0.05, 0) is 30.5 Å². The summed E-state index contributed by atoms with van der Waals surface area (Å²) < 4.78 is 27.1. The zero-order chi connectivity index (χ0) is 14.7. The van der Waals surface area contributed by atoms with Crippen LogP contribution in [-0.4, -0.2) is 19.4 Å². The van der Waals surface area contributed by atoms with Crippen molar-refractivity contribution in [3.05, 3.63) is 46.4 Å². The molecule has 2 N–H and O–H groups in total. The summed E-state index contributed by atoms with van der Waals surface area (Å²) in [6.45, 7) is 0.936. The fraction of sp³-hybridized carbons (Fsp3) is 0.357. The maximum absolute atomic E-state index is 12.3. The second kappa shape index (κ2) is 6.23. The number of sulfonamides is 1. The first kappa shape index (κ1) is 14.6. The van der Waals surface area contributed by atoms with E-state index in [0.29, 0.717) is 17.5 Å². The fourth-order valence-corrected chi connectivity index (χ4v) is 3.66. The van der Waals surface area contributed by atoms with Crippen LogP contribution >= 0.6 is 11.3 Å². The molecule has 1 fully saturated rings. The second-order valence-corrected chi connectivity index (χ2v) is 7.80. The molecule has 0 unspecified atom stereocenters. The predicted molar refractivity (Wildman–Crippen MR) is 82.4 cm³/mol. The molecule has 21 heavy (non-hydrogen) atoms. The van der Waals surface area contributed by atoms with Crippen LogP contribution < -0.4 is 10.0 Å². The number of hydrogen-bond donors (Lipinski definition) is 2. The van der Waals surface area contributed by atoms with E-state index in [1.165, 1.54) is 24.2 Å². The van der Waals surface area contributed by atoms with Crippen LogP contribution in [-0.2, 0) is 23.1 Å². The van der Waals surface area contributed by atoms with Crippen LogP contribution in [0.25, 0.3) is 0 Å². The molecular formula is C14H17N3O2S2. The van der Waals surface area contributed by atoms with Gasteiger partial charge in [0.25, 0.3) is 0 Å². The van der Waals surface area contributed by atoms with Gasteiger partial charge in [-0.15, -0.1) is 11.3 Å². The van der Waals surface area contributed by atoms with E-state index in [4.69, 9.17) is 0 Å². The van der Waals surface area contributed by atoms with E-state index in [9.17, 15) is 8.42 Å². The highest BCUT2D eigenvalue weighted by Gasteiger charge is 2.20. The lowest BCUT2D eigenvalue weighted by atomic mass is 10.2. The van der Waals surface area contributed by atoms with Gasteiger partial charge in [0.1, 0.15) is 5.01 Å². The average Bonchev–Trinajstić information content (AvgIpc) is 3.17. The molecule has 0 amide bonds. The van der Waals surface area contributed by atoms with E-state index >= 15 is 0 Å². The van der Waals surface area contributed by atoms with Gasteiger partial charge in [-0.1, -0.05) is 12.1 Å². The van der Waals surface area contributed by atoms with Crippen molar-refractivity contribution in [2.75, 3.05) is 0 Å². The largest absolute Gasteiger partial charge is 0.310 e. The first-order valence-electron chi connectivity index (χ1n) is 6.84. The Morgan fingerprint density at radius 2 is 2.14 bits per heavy atom. The average molecular weight is 323 g/mol. The molecule has 0 radical (unpaired) electrons. The van der Waals surface area contributed by atoms with Gasteiger partial charge in [0.15, 0.2) is 0 Å². The van der Waals surface area contributed by atoms with Crippen molar-refractivity contribution in [3.8, 4) is 0 Å². The molecule has 5 nitrogen and oxygen atoms in total. The molecule has 1 saturated carbocycles. The molecule has 7 heteroatoms. The summed E-state index contributed by atoms with van der Waals surface area (Å²) >= 11 is 1.43. The molecule has 0 bridgehead atoms. The number of nitrogens with zero attached hydrogens (tertiary/aromatic N) is 1. The van der Waals surface area contributed by atoms with Crippen molar-refractivity contribution in [2.45, 2.75) is 36.9 Å². The Bertz CT molecular complexity index is 695. The maximum Gasteiger partial charge on any atom is 0.240 e. The SMILES string of the molecule is O=S(=O)(NCc1nccs1)c1cccc(CNC2CC2)c1. The van der Waals surface area contributed by atoms with Crippen molar-refractivity contribution in [1.29, 1.82) is 0 Å². The number of rotatable bonds is 7. The smallest absolute Gasteiger partial charge is 0.240 e. The lowest BCUT2D eigenvalue weighted by molar-refractivity contribution is 0.580. The summed E-state index contributed by atoms with van der Waals surface area (Å²) in [6.07, 6.45) is 4.10. The van der Waals surface area contributed by atoms with Crippen LogP contribution in [0.1, 0.15) is 23.4 Å². The lowest BCUT2D eigenvalue weighted by Crippen LogP contribution is -2.23. The molecule has 1 aliphatic rings. The molecule has 3 rings (SSSR count). The van der Waals surface area contributed by atoms with Crippen molar-refractivity contribution >= 4 is 21.4 Å². The van der Waals surface area contributed by atoms with Crippen molar-refractivity contribution < 1.29 is 8.42 Å². The third kappa shape index (κ3) is 4.10. The quantitative estimate of drug-likeness (QED) is 0.816. The number of benzene rings is 1. The van der Waals surface area contributed by atoms with Crippen LogP contribution in [0.3, 0.4) is 0 Å². The van der Waals surface area contributed by atoms with Gasteiger partial charge in [0, 0.05) is 24.2 Å². The molecule has 0 spiro atoms. The minimum absolute atomic E-state index is 0.227. The molecule has 1 aliphatic carbocycles. The normalized spacial score (nSPS) is 15.2. The van der Waals surface area contributed by atoms with Crippen LogP contribution in [0.15, 0.2) is 40.7 Å². The van der Waals surface area contributed by atoms with E-state index in [-0.39, 0.29) is 6.54 Å². The Labute approximate surface area is 128 Å². The second-order valence-electron chi connectivity index (χ2n) is 5.05. The molecule has 112 valence electrons. The highest BCUT2D eigenvalue weighted by Crippen LogP contribution is 2.20. The Hall–Kier alpha value is -1.28. The Balaban J connectivity index is 1.67. The minimum atomic E-state index is -3.49. The van der Waals surface area contributed by atoms with Gasteiger partial charge < -0.3 is 5.32 Å². The highest BCUT2D eigenvalue weighted by atomic mass is 32.2. The van der Waals surface area contributed by atoms with Gasteiger partial charge >= 0.3 is 0 Å². The first-order chi connectivity index (χ1) is 10.1. The van der Waals surface area contributed by atoms with Crippen molar-refractivity contribution in [1.82, 2.24) is 15.0 Å². The fourth-order valence-electron chi connectivity index (χ4n) is 1.95. The third-order valence-electron chi connectivity index (χ3n) is 3.28. The van der Waals surface area contributed by atoms with E-state index in [1.807, 2.05) is 11.4 Å². The molecular weight excluding hydrogens is 306 g/mol. The first-order valence-corrected chi connectivity index (χ1v) is 9.20. The number of thiazole rings is 1. The third-order valence-corrected chi connectivity index (χ3v) is 5.46. The predicted octanol–water partition coefficient (Wildman–Crippen LogP) is 1.87. The molecule has 1 aromatic heterocycles. The lowest BCUT2D eigenvalue weighted by Gasteiger charge is -2.08. The maximum atomic E-state index is 12.3. The molecule has 0 atom stereocenters. The summed E-state index contributed by atoms with van der Waals surface area (Å²) in [5, 5.41) is 5.96. The van der Waals surface area contributed by atoms with Crippen LogP contribution in [0.4, 0.5) is 0 Å². The monoisotopic (exact) mass is 323 g/mol. The molecule has 2 aromatic rings. The van der Waals surface area contributed by atoms with Crippen molar-refractivity contribution in [2.24, 2.45) is 0 Å². The summed E-state index contributed by atoms with van der Waals surface area (Å²) in [4.78, 5) is 4.37. The van der Waals surface area contributed by atoms with Crippen LogP contribution in [0, 0.1) is 0 Å². The molecule has 0 aliphatic heterocycles.